The van der Waals surface area contributed by atoms with Crippen LogP contribution in [0.1, 0.15) is 0 Å². The molecule has 0 aliphatic carbocycles. The molecule has 2 aromatic heterocycles. The molecule has 6 aromatic carbocycles. The molecule has 0 atom stereocenters. The van der Waals surface area contributed by atoms with Crippen LogP contribution in [0.5, 0.6) is 0 Å². The van der Waals surface area contributed by atoms with E-state index in [4.69, 9.17) is 15.0 Å². The van der Waals surface area contributed by atoms with Gasteiger partial charge in [-0.3, -0.25) is 0 Å². The number of pyridine rings is 1. The molecule has 3 nitrogen and oxygen atoms in total. The molecule has 0 fully saturated rings. The van der Waals surface area contributed by atoms with Crippen LogP contribution >= 0.6 is 0 Å². The smallest absolute Gasteiger partial charge is 0.142 e. The van der Waals surface area contributed by atoms with Crippen molar-refractivity contribution in [3.05, 3.63) is 176 Å². The van der Waals surface area contributed by atoms with Gasteiger partial charge < -0.3 is 4.98 Å². The predicted molar refractivity (Wildman–Crippen MR) is 189 cm³/mol. The average molecular weight is 779 g/mol. The standard InChI is InChI=1S/C43H28N3.Ir/c1-3-12-30(13-4-1)33-17-9-19-35(26-33)40-29-41(36-20-10-18-34(27-36)31-14-5-2-6-15-31)46-43(45-40)38-22-11-21-37(28-38)42-39-23-8-7-16-32(39)24-25-44-42;/h1-20,22-29H;/q-1;. The third kappa shape index (κ3) is 6.30. The third-order valence-electron chi connectivity index (χ3n) is 8.25. The molecule has 0 saturated heterocycles. The Hall–Kier alpha value is -5.54. The number of hydrogen-bond donors (Lipinski definition) is 0. The summed E-state index contributed by atoms with van der Waals surface area (Å²) >= 11 is 0. The van der Waals surface area contributed by atoms with E-state index in [-0.39, 0.29) is 20.1 Å². The van der Waals surface area contributed by atoms with Gasteiger partial charge in [-0.05, 0) is 63.0 Å². The van der Waals surface area contributed by atoms with Gasteiger partial charge in [-0.2, -0.15) is 0 Å². The zero-order chi connectivity index (χ0) is 30.7. The summed E-state index contributed by atoms with van der Waals surface area (Å²) in [6, 6.07) is 59.9. The number of nitrogens with zero attached hydrogens (tertiary/aromatic N) is 3. The van der Waals surface area contributed by atoms with Gasteiger partial charge >= 0.3 is 0 Å². The Morgan fingerprint density at radius 1 is 0.426 bits per heavy atom. The summed E-state index contributed by atoms with van der Waals surface area (Å²) in [5.74, 6) is 0.651. The van der Waals surface area contributed by atoms with E-state index in [0.717, 1.165) is 61.2 Å². The van der Waals surface area contributed by atoms with Crippen molar-refractivity contribution in [3.8, 4) is 67.4 Å². The van der Waals surface area contributed by atoms with Crippen LogP contribution in [0.4, 0.5) is 0 Å². The molecule has 0 aliphatic rings. The fourth-order valence-electron chi connectivity index (χ4n) is 5.93. The van der Waals surface area contributed by atoms with Gasteiger partial charge in [0.2, 0.25) is 0 Å². The van der Waals surface area contributed by atoms with Crippen molar-refractivity contribution >= 4 is 10.8 Å². The van der Waals surface area contributed by atoms with E-state index in [1.54, 1.807) is 0 Å². The van der Waals surface area contributed by atoms with Crippen LogP contribution in [0.25, 0.3) is 78.2 Å². The molecule has 0 bridgehead atoms. The van der Waals surface area contributed by atoms with Gasteiger partial charge in [0.15, 0.2) is 0 Å². The van der Waals surface area contributed by atoms with Crippen molar-refractivity contribution in [3.63, 3.8) is 0 Å². The number of benzene rings is 6. The molecule has 1 radical (unpaired) electrons. The summed E-state index contributed by atoms with van der Waals surface area (Å²) in [5, 5.41) is 2.23. The molecule has 0 amide bonds. The van der Waals surface area contributed by atoms with Crippen molar-refractivity contribution < 1.29 is 20.1 Å². The maximum Gasteiger partial charge on any atom is 0.142 e. The maximum absolute atomic E-state index is 5.17. The van der Waals surface area contributed by atoms with Crippen LogP contribution in [-0.4, -0.2) is 15.0 Å². The number of hydrogen-bond acceptors (Lipinski definition) is 3. The van der Waals surface area contributed by atoms with Crippen LogP contribution in [0, 0.1) is 6.07 Å². The van der Waals surface area contributed by atoms with Gasteiger partial charge in [0.25, 0.3) is 0 Å². The first-order chi connectivity index (χ1) is 22.8. The Labute approximate surface area is 288 Å². The van der Waals surface area contributed by atoms with Gasteiger partial charge in [0.05, 0.1) is 11.4 Å². The largest absolute Gasteiger partial charge is 0.304 e. The van der Waals surface area contributed by atoms with Crippen molar-refractivity contribution in [2.24, 2.45) is 0 Å². The number of fused-ring (bicyclic) bond motifs is 1. The number of aromatic nitrogens is 3. The summed E-state index contributed by atoms with van der Waals surface area (Å²) < 4.78 is 0. The Morgan fingerprint density at radius 2 is 0.979 bits per heavy atom. The Kier molecular flexibility index (Phi) is 8.62. The van der Waals surface area contributed by atoms with Crippen molar-refractivity contribution in [2.75, 3.05) is 0 Å². The fourth-order valence-corrected chi connectivity index (χ4v) is 5.93. The zero-order valence-corrected chi connectivity index (χ0v) is 27.7. The predicted octanol–water partition coefficient (Wildman–Crippen LogP) is 10.8. The second kappa shape index (κ2) is 13.4. The molecule has 0 N–H and O–H groups in total. The fraction of sp³-hybridized carbons (Fsp3) is 0. The molecule has 0 aliphatic heterocycles. The van der Waals surface area contributed by atoms with Gasteiger partial charge in [0, 0.05) is 37.4 Å². The molecule has 0 spiro atoms. The Bertz CT molecular complexity index is 2210. The molecule has 0 saturated carbocycles. The Balaban J connectivity index is 0.00000351. The van der Waals surface area contributed by atoms with Crippen molar-refractivity contribution in [1.82, 2.24) is 15.0 Å². The molecule has 225 valence electrons. The molecule has 47 heavy (non-hydrogen) atoms. The maximum atomic E-state index is 5.17. The molecular formula is C43H28IrN3-. The van der Waals surface area contributed by atoms with E-state index in [0.29, 0.717) is 5.82 Å². The molecular weight excluding hydrogens is 751 g/mol. The van der Waals surface area contributed by atoms with E-state index >= 15 is 0 Å². The molecule has 4 heteroatoms. The van der Waals surface area contributed by atoms with Gasteiger partial charge in [-0.1, -0.05) is 127 Å². The third-order valence-corrected chi connectivity index (χ3v) is 8.25. The number of rotatable bonds is 6. The van der Waals surface area contributed by atoms with Crippen LogP contribution < -0.4 is 0 Å². The summed E-state index contributed by atoms with van der Waals surface area (Å²) in [7, 11) is 0. The zero-order valence-electron chi connectivity index (χ0n) is 25.3. The first-order valence-corrected chi connectivity index (χ1v) is 15.4. The van der Waals surface area contributed by atoms with Gasteiger partial charge in [-0.25, -0.2) is 9.97 Å². The SMILES string of the molecule is [Ir].[c-]1ccc(-c2nc(-c3cccc(-c4ccccc4)c3)cc(-c3cccc(-c4ccccc4)c3)n2)cc1-c1nccc2ccccc12. The van der Waals surface area contributed by atoms with E-state index in [9.17, 15) is 0 Å². The summed E-state index contributed by atoms with van der Waals surface area (Å²) in [4.78, 5) is 15.1. The van der Waals surface area contributed by atoms with Gasteiger partial charge in [0.1, 0.15) is 5.82 Å². The van der Waals surface area contributed by atoms with Crippen molar-refractivity contribution in [1.29, 1.82) is 0 Å². The van der Waals surface area contributed by atoms with Crippen LogP contribution in [0.15, 0.2) is 170 Å². The van der Waals surface area contributed by atoms with Crippen LogP contribution in [-0.2, 0) is 20.1 Å². The monoisotopic (exact) mass is 779 g/mol. The second-order valence-electron chi connectivity index (χ2n) is 11.2. The molecule has 8 rings (SSSR count). The summed E-state index contributed by atoms with van der Waals surface area (Å²) in [6.45, 7) is 0. The molecule has 0 unspecified atom stereocenters. The average Bonchev–Trinajstić information content (AvgIpc) is 3.15. The first kappa shape index (κ1) is 30.1. The quantitative estimate of drug-likeness (QED) is 0.158. The minimum atomic E-state index is 0. The molecule has 8 aromatic rings. The van der Waals surface area contributed by atoms with Crippen LogP contribution in [0.2, 0.25) is 0 Å². The summed E-state index contributed by atoms with van der Waals surface area (Å²) in [6.07, 6.45) is 1.85. The Morgan fingerprint density at radius 3 is 1.62 bits per heavy atom. The molecule has 2 heterocycles. The van der Waals surface area contributed by atoms with Crippen LogP contribution in [0.3, 0.4) is 0 Å². The van der Waals surface area contributed by atoms with E-state index < -0.39 is 0 Å². The minimum absolute atomic E-state index is 0. The van der Waals surface area contributed by atoms with E-state index in [1.807, 2.05) is 48.7 Å². The van der Waals surface area contributed by atoms with E-state index in [1.165, 1.54) is 11.1 Å². The van der Waals surface area contributed by atoms with E-state index in [2.05, 4.69) is 127 Å². The second-order valence-corrected chi connectivity index (χ2v) is 11.2. The normalized spacial score (nSPS) is 10.8. The minimum Gasteiger partial charge on any atom is -0.304 e. The first-order valence-electron chi connectivity index (χ1n) is 15.4. The van der Waals surface area contributed by atoms with Gasteiger partial charge in [-0.15, -0.1) is 29.8 Å². The van der Waals surface area contributed by atoms with Crippen molar-refractivity contribution in [2.45, 2.75) is 0 Å². The topological polar surface area (TPSA) is 38.7 Å². The summed E-state index contributed by atoms with van der Waals surface area (Å²) in [5.41, 5.74) is 11.1.